The van der Waals surface area contributed by atoms with Crippen LogP contribution in [0.15, 0.2) is 47.8 Å². The molecule has 4 nitrogen and oxygen atoms in total. The second-order valence-corrected chi connectivity index (χ2v) is 6.51. The molecule has 3 aromatic rings. The average molecular weight is 400 g/mol. The Morgan fingerprint density at radius 3 is 2.77 bits per heavy atom. The van der Waals surface area contributed by atoms with Crippen LogP contribution in [0.1, 0.15) is 11.3 Å². The van der Waals surface area contributed by atoms with E-state index in [-0.39, 0.29) is 48.4 Å². The molecular formula is C18H12ClFNNaO3S. The standard InChI is InChI=1S/C18H13ClFNO3S.Na/c19-12-5-6-16(24-9-11-3-1-2-4-15(11)20)14(7-12)18-21-13(10-25-18)8-17(22)23;/h1-7,10H,8-9H2,(H,22,23);/q;+1/p-1. The Kier molecular flexibility index (Phi) is 7.61. The zero-order chi connectivity index (χ0) is 17.8. The van der Waals surface area contributed by atoms with Crippen LogP contribution in [0.3, 0.4) is 0 Å². The molecule has 0 fully saturated rings. The molecule has 26 heavy (non-hydrogen) atoms. The van der Waals surface area contributed by atoms with Crippen molar-refractivity contribution in [3.8, 4) is 16.3 Å². The first-order chi connectivity index (χ1) is 12.0. The molecule has 0 radical (unpaired) electrons. The van der Waals surface area contributed by atoms with Gasteiger partial charge in [-0.1, -0.05) is 29.8 Å². The van der Waals surface area contributed by atoms with E-state index in [9.17, 15) is 14.3 Å². The van der Waals surface area contributed by atoms with Gasteiger partial charge in [0.2, 0.25) is 0 Å². The maximum atomic E-state index is 13.7. The van der Waals surface area contributed by atoms with E-state index in [1.54, 1.807) is 41.8 Å². The SMILES string of the molecule is O=C([O-])Cc1csc(-c2cc(Cl)ccc2OCc2ccccc2F)n1.[Na+]. The molecule has 2 aromatic carbocycles. The molecule has 0 aliphatic heterocycles. The van der Waals surface area contributed by atoms with E-state index >= 15 is 0 Å². The van der Waals surface area contributed by atoms with Gasteiger partial charge in [-0.2, -0.15) is 0 Å². The molecule has 8 heteroatoms. The smallest absolute Gasteiger partial charge is 0.550 e. The van der Waals surface area contributed by atoms with Crippen LogP contribution in [0.2, 0.25) is 5.02 Å². The minimum absolute atomic E-state index is 0. The normalized spacial score (nSPS) is 10.2. The van der Waals surface area contributed by atoms with Gasteiger partial charge in [-0.25, -0.2) is 9.37 Å². The van der Waals surface area contributed by atoms with E-state index in [1.165, 1.54) is 17.4 Å². The molecule has 0 spiro atoms. The fraction of sp³-hybridized carbons (Fsp3) is 0.111. The molecule has 0 unspecified atom stereocenters. The Labute approximate surface area is 180 Å². The molecule has 0 amide bonds. The molecule has 0 aliphatic carbocycles. The van der Waals surface area contributed by atoms with Crippen molar-refractivity contribution in [2.75, 3.05) is 0 Å². The number of rotatable bonds is 6. The van der Waals surface area contributed by atoms with Crippen molar-refractivity contribution in [3.63, 3.8) is 0 Å². The Bertz CT molecular complexity index is 919. The summed E-state index contributed by atoms with van der Waals surface area (Å²) in [5.41, 5.74) is 1.46. The average Bonchev–Trinajstić information content (AvgIpc) is 3.02. The van der Waals surface area contributed by atoms with Gasteiger partial charge in [-0.05, 0) is 24.3 Å². The van der Waals surface area contributed by atoms with E-state index < -0.39 is 5.97 Å². The Morgan fingerprint density at radius 1 is 1.27 bits per heavy atom. The molecule has 0 N–H and O–H groups in total. The number of benzene rings is 2. The van der Waals surface area contributed by atoms with E-state index in [0.29, 0.717) is 32.6 Å². The van der Waals surface area contributed by atoms with Crippen molar-refractivity contribution in [1.82, 2.24) is 4.98 Å². The number of carboxylic acid groups (broad SMARTS) is 1. The number of hydrogen-bond donors (Lipinski definition) is 0. The predicted octanol–water partition coefficient (Wildman–Crippen LogP) is 0.478. The summed E-state index contributed by atoms with van der Waals surface area (Å²) in [6.07, 6.45) is -0.261. The number of aromatic nitrogens is 1. The summed E-state index contributed by atoms with van der Waals surface area (Å²) in [4.78, 5) is 15.0. The van der Waals surface area contributed by atoms with Crippen molar-refractivity contribution in [2.45, 2.75) is 13.0 Å². The van der Waals surface area contributed by atoms with Gasteiger partial charge in [0.15, 0.2) is 0 Å². The Morgan fingerprint density at radius 2 is 2.04 bits per heavy atom. The van der Waals surface area contributed by atoms with Crippen molar-refractivity contribution in [3.05, 3.63) is 69.9 Å². The van der Waals surface area contributed by atoms with Gasteiger partial charge in [-0.15, -0.1) is 11.3 Å². The quantitative estimate of drug-likeness (QED) is 0.566. The molecule has 0 saturated carbocycles. The summed E-state index contributed by atoms with van der Waals surface area (Å²) in [5, 5.41) is 13.4. The molecule has 1 aromatic heterocycles. The molecular weight excluding hydrogens is 388 g/mol. The van der Waals surface area contributed by atoms with Crippen LogP contribution in [0.4, 0.5) is 4.39 Å². The van der Waals surface area contributed by atoms with Crippen LogP contribution < -0.4 is 39.4 Å². The minimum Gasteiger partial charge on any atom is -0.550 e. The van der Waals surface area contributed by atoms with Crippen LogP contribution in [0.5, 0.6) is 5.75 Å². The van der Waals surface area contributed by atoms with Crippen molar-refractivity contribution in [2.24, 2.45) is 0 Å². The number of aliphatic carboxylic acids is 1. The van der Waals surface area contributed by atoms with Crippen molar-refractivity contribution < 1.29 is 48.6 Å². The monoisotopic (exact) mass is 399 g/mol. The van der Waals surface area contributed by atoms with Crippen LogP contribution in [-0.4, -0.2) is 11.0 Å². The fourth-order valence-corrected chi connectivity index (χ4v) is 3.24. The largest absolute Gasteiger partial charge is 1.00 e. The molecule has 0 atom stereocenters. The van der Waals surface area contributed by atoms with Crippen molar-refractivity contribution in [1.29, 1.82) is 0 Å². The zero-order valence-electron chi connectivity index (χ0n) is 13.9. The molecule has 128 valence electrons. The summed E-state index contributed by atoms with van der Waals surface area (Å²) in [7, 11) is 0. The van der Waals surface area contributed by atoms with E-state index in [0.717, 1.165) is 0 Å². The molecule has 3 rings (SSSR count). The first kappa shape index (κ1) is 20.9. The third-order valence-electron chi connectivity index (χ3n) is 3.39. The second-order valence-electron chi connectivity index (χ2n) is 5.21. The topological polar surface area (TPSA) is 62.2 Å². The zero-order valence-corrected chi connectivity index (χ0v) is 17.4. The molecule has 1 heterocycles. The number of carbonyl (C=O) groups excluding carboxylic acids is 1. The molecule has 0 saturated heterocycles. The maximum Gasteiger partial charge on any atom is 1.00 e. The number of hydrogen-bond acceptors (Lipinski definition) is 5. The number of ether oxygens (including phenoxy) is 1. The van der Waals surface area contributed by atoms with Gasteiger partial charge in [0.25, 0.3) is 0 Å². The number of nitrogens with zero attached hydrogens (tertiary/aromatic N) is 1. The Balaban J connectivity index is 0.00000243. The first-order valence-electron chi connectivity index (χ1n) is 7.33. The minimum atomic E-state index is -1.20. The summed E-state index contributed by atoms with van der Waals surface area (Å²) in [6, 6.07) is 11.4. The molecule has 0 aliphatic rings. The van der Waals surface area contributed by atoms with Crippen LogP contribution in [-0.2, 0) is 17.8 Å². The first-order valence-corrected chi connectivity index (χ1v) is 8.59. The van der Waals surface area contributed by atoms with Crippen LogP contribution in [0.25, 0.3) is 10.6 Å². The number of carbonyl (C=O) groups is 1. The summed E-state index contributed by atoms with van der Waals surface area (Å²) < 4.78 is 19.5. The van der Waals surface area contributed by atoms with Gasteiger partial charge in [0.05, 0.1) is 11.3 Å². The summed E-state index contributed by atoms with van der Waals surface area (Å²) >= 11 is 7.33. The van der Waals surface area contributed by atoms with Gasteiger partial charge in [0.1, 0.15) is 23.2 Å². The second kappa shape index (κ2) is 9.48. The van der Waals surface area contributed by atoms with Crippen LogP contribution >= 0.6 is 22.9 Å². The van der Waals surface area contributed by atoms with Crippen molar-refractivity contribution >= 4 is 28.9 Å². The van der Waals surface area contributed by atoms with E-state index in [4.69, 9.17) is 16.3 Å². The molecule has 0 bridgehead atoms. The third-order valence-corrected chi connectivity index (χ3v) is 4.55. The van der Waals surface area contributed by atoms with Gasteiger partial charge < -0.3 is 14.6 Å². The number of carboxylic acids is 1. The summed E-state index contributed by atoms with van der Waals surface area (Å²) in [5.74, 6) is -1.05. The summed E-state index contributed by atoms with van der Waals surface area (Å²) in [6.45, 7) is 0.0542. The fourth-order valence-electron chi connectivity index (χ4n) is 2.23. The predicted molar refractivity (Wildman–Crippen MR) is 92.0 cm³/mol. The maximum absolute atomic E-state index is 13.7. The van der Waals surface area contributed by atoms with Gasteiger partial charge >= 0.3 is 29.6 Å². The van der Waals surface area contributed by atoms with Gasteiger partial charge in [-0.3, -0.25) is 0 Å². The van der Waals surface area contributed by atoms with E-state index in [1.807, 2.05) is 0 Å². The Hall–Kier alpha value is -1.44. The number of thiazole rings is 1. The van der Waals surface area contributed by atoms with E-state index in [2.05, 4.69) is 4.98 Å². The van der Waals surface area contributed by atoms with Crippen LogP contribution in [0, 0.1) is 5.82 Å². The number of halogens is 2. The third kappa shape index (κ3) is 5.28. The van der Waals surface area contributed by atoms with Gasteiger partial charge in [0, 0.05) is 28.4 Å².